The van der Waals surface area contributed by atoms with Crippen LogP contribution in [0.2, 0.25) is 0 Å². The molecule has 2 N–H and O–H groups in total. The van der Waals surface area contributed by atoms with Crippen molar-refractivity contribution in [3.05, 3.63) is 65.7 Å². The Balaban J connectivity index is 1.63. The topological polar surface area (TPSA) is 69.6 Å². The summed E-state index contributed by atoms with van der Waals surface area (Å²) in [6, 6.07) is 17.8. The third-order valence-corrected chi connectivity index (χ3v) is 6.37. The molecule has 1 unspecified atom stereocenters. The summed E-state index contributed by atoms with van der Waals surface area (Å²) in [6.45, 7) is 0. The van der Waals surface area contributed by atoms with Gasteiger partial charge in [0.15, 0.2) is 0 Å². The summed E-state index contributed by atoms with van der Waals surface area (Å²) in [7, 11) is 1.79. The molecule has 2 amide bonds. The molecular formula is C24H28N2O3. The van der Waals surface area contributed by atoms with E-state index in [1.54, 1.807) is 11.9 Å². The molecule has 29 heavy (non-hydrogen) atoms. The van der Waals surface area contributed by atoms with E-state index in [0.717, 1.165) is 29.7 Å². The fourth-order valence-electron chi connectivity index (χ4n) is 4.84. The van der Waals surface area contributed by atoms with Crippen LogP contribution in [0.15, 0.2) is 54.6 Å². The molecule has 5 nitrogen and oxygen atoms in total. The van der Waals surface area contributed by atoms with Gasteiger partial charge in [0.2, 0.25) is 11.8 Å². The third kappa shape index (κ3) is 3.79. The van der Waals surface area contributed by atoms with Crippen molar-refractivity contribution in [2.75, 3.05) is 11.9 Å². The number of benzene rings is 2. The predicted octanol–water partition coefficient (Wildman–Crippen LogP) is 2.95. The lowest BCUT2D eigenvalue weighted by atomic mass is 9.73. The van der Waals surface area contributed by atoms with Gasteiger partial charge in [-0.25, -0.2) is 0 Å². The molecule has 2 aromatic rings. The molecular weight excluding hydrogens is 364 g/mol. The van der Waals surface area contributed by atoms with E-state index in [9.17, 15) is 14.7 Å². The Hall–Kier alpha value is -2.66. The number of carbonyl (C=O) groups excluding carboxylic acids is 2. The molecule has 1 fully saturated rings. The summed E-state index contributed by atoms with van der Waals surface area (Å²) in [6.07, 6.45) is 3.34. The van der Waals surface area contributed by atoms with Crippen molar-refractivity contribution < 1.29 is 14.7 Å². The first-order valence-electron chi connectivity index (χ1n) is 10.4. The maximum Gasteiger partial charge on any atom is 0.238 e. The fourth-order valence-corrected chi connectivity index (χ4v) is 4.84. The number of amides is 2. The van der Waals surface area contributed by atoms with Crippen LogP contribution in [0.5, 0.6) is 0 Å². The van der Waals surface area contributed by atoms with E-state index in [-0.39, 0.29) is 30.4 Å². The van der Waals surface area contributed by atoms with Crippen molar-refractivity contribution in [2.24, 2.45) is 0 Å². The highest BCUT2D eigenvalue weighted by Gasteiger charge is 2.50. The van der Waals surface area contributed by atoms with Crippen LogP contribution in [0.4, 0.5) is 5.69 Å². The highest BCUT2D eigenvalue weighted by atomic mass is 16.3. The van der Waals surface area contributed by atoms with Gasteiger partial charge in [-0.15, -0.1) is 0 Å². The van der Waals surface area contributed by atoms with Crippen molar-refractivity contribution in [3.8, 4) is 0 Å². The molecule has 0 spiro atoms. The first kappa shape index (κ1) is 19.6. The zero-order valence-electron chi connectivity index (χ0n) is 16.8. The summed E-state index contributed by atoms with van der Waals surface area (Å²) >= 11 is 0. The summed E-state index contributed by atoms with van der Waals surface area (Å²) < 4.78 is 0. The zero-order chi connectivity index (χ0) is 20.4. The fraction of sp³-hybridized carbons (Fsp3) is 0.417. The Morgan fingerprint density at radius 1 is 1.07 bits per heavy atom. The maximum atomic E-state index is 13.5. The average Bonchev–Trinajstić information content (AvgIpc) is 2.93. The van der Waals surface area contributed by atoms with Gasteiger partial charge in [0.1, 0.15) is 0 Å². The van der Waals surface area contributed by atoms with Crippen molar-refractivity contribution in [3.63, 3.8) is 0 Å². The average molecular weight is 392 g/mol. The van der Waals surface area contributed by atoms with E-state index < -0.39 is 5.41 Å². The van der Waals surface area contributed by atoms with E-state index in [0.29, 0.717) is 19.3 Å². The molecule has 0 saturated heterocycles. The number of hydrogen-bond donors (Lipinski definition) is 2. The van der Waals surface area contributed by atoms with Crippen molar-refractivity contribution in [1.29, 1.82) is 0 Å². The summed E-state index contributed by atoms with van der Waals surface area (Å²) in [5, 5.41) is 12.8. The number of carbonyl (C=O) groups is 2. The van der Waals surface area contributed by atoms with Gasteiger partial charge in [0.25, 0.3) is 0 Å². The molecule has 0 radical (unpaired) electrons. The van der Waals surface area contributed by atoms with E-state index in [2.05, 4.69) is 5.32 Å². The van der Waals surface area contributed by atoms with Crippen molar-refractivity contribution in [2.45, 2.75) is 56.1 Å². The standard InChI is InChI=1S/C24H28N2O3/c1-26-21-10-6-5-9-20(21)24(23(26)29,15-17-7-3-2-4-8-17)16-22(28)25-18-11-13-19(27)14-12-18/h2-10,18-19,27H,11-16H2,1H3,(H,25,28). The number of nitrogens with one attached hydrogen (secondary N) is 1. The minimum Gasteiger partial charge on any atom is -0.393 e. The Morgan fingerprint density at radius 2 is 1.72 bits per heavy atom. The lowest BCUT2D eigenvalue weighted by Crippen LogP contribution is -2.46. The van der Waals surface area contributed by atoms with Crippen LogP contribution < -0.4 is 10.2 Å². The number of nitrogens with zero attached hydrogens (tertiary/aromatic N) is 1. The molecule has 0 aromatic heterocycles. The van der Waals surface area contributed by atoms with Gasteiger partial charge in [-0.05, 0) is 49.3 Å². The number of likely N-dealkylation sites (N-methyl/N-ethyl adjacent to an activating group) is 1. The van der Waals surface area contributed by atoms with Crippen LogP contribution in [0, 0.1) is 0 Å². The Bertz CT molecular complexity index is 890. The number of aliphatic hydroxyl groups excluding tert-OH is 1. The SMILES string of the molecule is CN1C(=O)C(CC(=O)NC2CCC(O)CC2)(Cc2ccccc2)c2ccccc21. The van der Waals surface area contributed by atoms with Gasteiger partial charge < -0.3 is 15.3 Å². The number of fused-ring (bicyclic) bond motifs is 1. The number of aliphatic hydroxyl groups is 1. The summed E-state index contributed by atoms with van der Waals surface area (Å²) in [4.78, 5) is 28.2. The minimum absolute atomic E-state index is 0.0308. The second-order valence-corrected chi connectivity index (χ2v) is 8.38. The van der Waals surface area contributed by atoms with Gasteiger partial charge >= 0.3 is 0 Å². The van der Waals surface area contributed by atoms with Crippen LogP contribution >= 0.6 is 0 Å². The molecule has 2 aliphatic rings. The number of rotatable bonds is 5. The molecule has 0 bridgehead atoms. The van der Waals surface area contributed by atoms with Crippen molar-refractivity contribution >= 4 is 17.5 Å². The molecule has 152 valence electrons. The van der Waals surface area contributed by atoms with E-state index in [4.69, 9.17) is 0 Å². The number of para-hydroxylation sites is 1. The normalized spacial score (nSPS) is 26.3. The van der Waals surface area contributed by atoms with Crippen LogP contribution in [0.1, 0.15) is 43.2 Å². The molecule has 1 aliphatic carbocycles. The summed E-state index contributed by atoms with van der Waals surface area (Å²) in [5.41, 5.74) is 1.94. The number of anilines is 1. The van der Waals surface area contributed by atoms with Gasteiger partial charge in [-0.2, -0.15) is 0 Å². The quantitative estimate of drug-likeness (QED) is 0.822. The molecule has 1 aliphatic heterocycles. The van der Waals surface area contributed by atoms with Crippen molar-refractivity contribution in [1.82, 2.24) is 5.32 Å². The smallest absolute Gasteiger partial charge is 0.238 e. The van der Waals surface area contributed by atoms with Gasteiger partial charge in [-0.1, -0.05) is 48.5 Å². The largest absolute Gasteiger partial charge is 0.393 e. The van der Waals surface area contributed by atoms with E-state index in [1.165, 1.54) is 0 Å². The Morgan fingerprint density at radius 3 is 2.45 bits per heavy atom. The number of hydrogen-bond acceptors (Lipinski definition) is 3. The predicted molar refractivity (Wildman–Crippen MR) is 113 cm³/mol. The molecule has 4 rings (SSSR count). The van der Waals surface area contributed by atoms with Crippen LogP contribution in [0.25, 0.3) is 0 Å². The van der Waals surface area contributed by atoms with Crippen LogP contribution in [-0.4, -0.2) is 36.1 Å². The van der Waals surface area contributed by atoms with Gasteiger partial charge in [0, 0.05) is 25.2 Å². The molecule has 5 heteroatoms. The maximum absolute atomic E-state index is 13.5. The Kier molecular flexibility index (Phi) is 5.41. The highest BCUT2D eigenvalue weighted by molar-refractivity contribution is 6.09. The minimum atomic E-state index is -0.898. The molecule has 2 aromatic carbocycles. The van der Waals surface area contributed by atoms with Crippen LogP contribution in [-0.2, 0) is 21.4 Å². The van der Waals surface area contributed by atoms with Crippen LogP contribution in [0.3, 0.4) is 0 Å². The van der Waals surface area contributed by atoms with E-state index >= 15 is 0 Å². The Labute approximate surface area is 171 Å². The second-order valence-electron chi connectivity index (χ2n) is 8.38. The molecule has 1 saturated carbocycles. The third-order valence-electron chi connectivity index (χ3n) is 6.37. The first-order chi connectivity index (χ1) is 14.0. The first-order valence-corrected chi connectivity index (χ1v) is 10.4. The zero-order valence-corrected chi connectivity index (χ0v) is 16.8. The molecule has 1 heterocycles. The highest BCUT2D eigenvalue weighted by Crippen LogP contribution is 2.45. The van der Waals surface area contributed by atoms with Gasteiger partial charge in [-0.3, -0.25) is 9.59 Å². The van der Waals surface area contributed by atoms with Gasteiger partial charge in [0.05, 0.1) is 11.5 Å². The summed E-state index contributed by atoms with van der Waals surface area (Å²) in [5.74, 6) is -0.127. The lowest BCUT2D eigenvalue weighted by molar-refractivity contribution is -0.130. The lowest BCUT2D eigenvalue weighted by Gasteiger charge is -2.31. The second kappa shape index (κ2) is 7.99. The monoisotopic (exact) mass is 392 g/mol. The molecule has 1 atom stereocenters. The van der Waals surface area contributed by atoms with E-state index in [1.807, 2.05) is 54.6 Å².